The summed E-state index contributed by atoms with van der Waals surface area (Å²) < 4.78 is 43.4. The van der Waals surface area contributed by atoms with E-state index in [9.17, 15) is 1.37 Å². The molecule has 0 saturated carbocycles. The van der Waals surface area contributed by atoms with Gasteiger partial charge in [0, 0.05) is 53.2 Å². The summed E-state index contributed by atoms with van der Waals surface area (Å²) in [6, 6.07) is 45.5. The van der Waals surface area contributed by atoms with Gasteiger partial charge in [0.15, 0.2) is 17.5 Å². The van der Waals surface area contributed by atoms with Gasteiger partial charge in [0.2, 0.25) is 0 Å². The zero-order valence-electron chi connectivity index (χ0n) is 30.4. The van der Waals surface area contributed by atoms with Crippen molar-refractivity contribution in [1.82, 2.24) is 15.0 Å². The number of nitrogens with zero attached hydrogens (tertiary/aromatic N) is 3. The Morgan fingerprint density at radius 3 is 1.88 bits per heavy atom. The molecule has 0 aliphatic heterocycles. The summed E-state index contributed by atoms with van der Waals surface area (Å²) in [5.41, 5.74) is 6.72. The lowest BCUT2D eigenvalue weighted by Gasteiger charge is -2.09. The normalized spacial score (nSPS) is 12.7. The summed E-state index contributed by atoms with van der Waals surface area (Å²) in [6.45, 7) is 0. The van der Waals surface area contributed by atoms with Crippen LogP contribution in [0.2, 0.25) is 0 Å². The molecule has 0 atom stereocenters. The SMILES string of the molecule is [2H]c1cc2oc3c(-c4ccc5sc6c(-c7nc(-c8ccccc8)nc(-c8ccccc8)n7)cccc6c5c4)cc(-c4ccccc4)c([2H])c3c2c([2H])c1[2H]. The maximum absolute atomic E-state index is 9.35. The second kappa shape index (κ2) is 11.6. The summed E-state index contributed by atoms with van der Waals surface area (Å²) in [6.07, 6.45) is 0. The standard InChI is InChI=1S/C45H27N3OS/c1-4-13-28(14-5-1)32-26-36(41-38(27-32)33-19-10-11-22-39(33)49-41)31-23-24-40-37(25-31)34-20-12-21-35(42(34)50-40)45-47-43(29-15-6-2-7-16-29)46-44(48-45)30-17-8-3-9-18-30/h1-27H/i10D,11D,19D,27D. The maximum Gasteiger partial charge on any atom is 0.165 e. The first-order chi connectivity index (χ1) is 26.4. The van der Waals surface area contributed by atoms with Crippen LogP contribution in [0.25, 0.3) is 98.5 Å². The Balaban J connectivity index is 1.20. The van der Waals surface area contributed by atoms with Gasteiger partial charge in [-0.2, -0.15) is 0 Å². The van der Waals surface area contributed by atoms with Gasteiger partial charge in [-0.25, -0.2) is 15.0 Å². The quantitative estimate of drug-likeness (QED) is 0.184. The largest absolute Gasteiger partial charge is 0.455 e. The van der Waals surface area contributed by atoms with Crippen molar-refractivity contribution in [3.63, 3.8) is 0 Å². The highest BCUT2D eigenvalue weighted by Crippen LogP contribution is 2.44. The molecule has 4 nitrogen and oxygen atoms in total. The molecule has 0 radical (unpaired) electrons. The second-order valence-electron chi connectivity index (χ2n) is 12.1. The van der Waals surface area contributed by atoms with Crippen LogP contribution < -0.4 is 0 Å². The third-order valence-electron chi connectivity index (χ3n) is 9.02. The van der Waals surface area contributed by atoms with Crippen LogP contribution in [0, 0.1) is 0 Å². The lowest BCUT2D eigenvalue weighted by Crippen LogP contribution is -2.00. The van der Waals surface area contributed by atoms with Gasteiger partial charge in [-0.3, -0.25) is 0 Å². The van der Waals surface area contributed by atoms with Crippen molar-refractivity contribution >= 4 is 53.4 Å². The second-order valence-corrected chi connectivity index (χ2v) is 13.1. The molecule has 0 aliphatic carbocycles. The molecule has 0 amide bonds. The Hall–Kier alpha value is -6.43. The smallest absolute Gasteiger partial charge is 0.165 e. The van der Waals surface area contributed by atoms with Crippen molar-refractivity contribution in [3.05, 3.63) is 164 Å². The molecule has 7 aromatic carbocycles. The zero-order valence-corrected chi connectivity index (χ0v) is 27.3. The minimum atomic E-state index is -0.191. The number of rotatable bonds is 5. The molecule has 0 unspecified atom stereocenters. The summed E-state index contributed by atoms with van der Waals surface area (Å²) >= 11 is 1.69. The molecule has 0 saturated heterocycles. The van der Waals surface area contributed by atoms with Crippen molar-refractivity contribution < 1.29 is 9.90 Å². The highest BCUT2D eigenvalue weighted by atomic mass is 32.1. The number of hydrogen-bond acceptors (Lipinski definition) is 5. The summed E-state index contributed by atoms with van der Waals surface area (Å²) in [5.74, 6) is 1.80. The predicted molar refractivity (Wildman–Crippen MR) is 207 cm³/mol. The molecular formula is C45H27N3OS. The number of furan rings is 1. The van der Waals surface area contributed by atoms with Gasteiger partial charge >= 0.3 is 0 Å². The number of hydrogen-bond donors (Lipinski definition) is 0. The van der Waals surface area contributed by atoms with Crippen molar-refractivity contribution in [2.75, 3.05) is 0 Å². The summed E-state index contributed by atoms with van der Waals surface area (Å²) in [7, 11) is 0. The van der Waals surface area contributed by atoms with E-state index in [1.54, 1.807) is 11.3 Å². The molecule has 0 aliphatic rings. The van der Waals surface area contributed by atoms with Crippen LogP contribution in [-0.4, -0.2) is 15.0 Å². The van der Waals surface area contributed by atoms with Gasteiger partial charge in [-0.15, -0.1) is 11.3 Å². The Kier molecular flexibility index (Phi) is 5.73. The Bertz CT molecular complexity index is 3030. The molecule has 50 heavy (non-hydrogen) atoms. The van der Waals surface area contributed by atoms with E-state index < -0.39 is 0 Å². The average Bonchev–Trinajstić information content (AvgIpc) is 3.80. The first kappa shape index (κ1) is 24.7. The molecule has 0 bridgehead atoms. The fourth-order valence-electron chi connectivity index (χ4n) is 6.62. The van der Waals surface area contributed by atoms with Crippen molar-refractivity contribution in [2.24, 2.45) is 0 Å². The van der Waals surface area contributed by atoms with Gasteiger partial charge in [-0.1, -0.05) is 127 Å². The van der Waals surface area contributed by atoms with Gasteiger partial charge in [0.1, 0.15) is 11.2 Å². The Morgan fingerprint density at radius 2 is 1.16 bits per heavy atom. The fraction of sp³-hybridized carbons (Fsp3) is 0. The molecule has 0 fully saturated rings. The molecular weight excluding hydrogens is 631 g/mol. The first-order valence-corrected chi connectivity index (χ1v) is 17.1. The average molecular weight is 662 g/mol. The van der Waals surface area contributed by atoms with E-state index in [0.717, 1.165) is 53.6 Å². The van der Waals surface area contributed by atoms with Crippen LogP contribution in [0.5, 0.6) is 0 Å². The number of benzene rings is 7. The molecule has 5 heteroatoms. The lowest BCUT2D eigenvalue weighted by molar-refractivity contribution is 0.670. The highest BCUT2D eigenvalue weighted by Gasteiger charge is 2.19. The molecule has 10 rings (SSSR count). The van der Waals surface area contributed by atoms with E-state index in [1.165, 1.54) is 6.07 Å². The zero-order chi connectivity index (χ0) is 36.5. The fourth-order valence-corrected chi connectivity index (χ4v) is 7.82. The Morgan fingerprint density at radius 1 is 0.480 bits per heavy atom. The van der Waals surface area contributed by atoms with Crippen LogP contribution in [0.15, 0.2) is 168 Å². The van der Waals surface area contributed by atoms with Crippen LogP contribution in [-0.2, 0) is 0 Å². The van der Waals surface area contributed by atoms with E-state index in [2.05, 4.69) is 30.3 Å². The summed E-state index contributed by atoms with van der Waals surface area (Å²) in [5, 5.41) is 2.96. The van der Waals surface area contributed by atoms with Crippen LogP contribution in [0.3, 0.4) is 0 Å². The number of para-hydroxylation sites is 1. The van der Waals surface area contributed by atoms with Crippen LogP contribution in [0.4, 0.5) is 0 Å². The molecule has 3 aromatic heterocycles. The maximum atomic E-state index is 9.35. The third kappa shape index (κ3) is 4.79. The lowest BCUT2D eigenvalue weighted by atomic mass is 9.95. The van der Waals surface area contributed by atoms with Crippen molar-refractivity contribution in [3.8, 4) is 56.4 Å². The van der Waals surface area contributed by atoms with E-state index >= 15 is 0 Å². The van der Waals surface area contributed by atoms with Gasteiger partial charge in [0.25, 0.3) is 0 Å². The first-order valence-electron chi connectivity index (χ1n) is 18.3. The van der Waals surface area contributed by atoms with E-state index in [-0.39, 0.29) is 24.2 Å². The van der Waals surface area contributed by atoms with Gasteiger partial charge < -0.3 is 4.42 Å². The van der Waals surface area contributed by atoms with Crippen molar-refractivity contribution in [1.29, 1.82) is 0 Å². The number of thiophene rings is 1. The van der Waals surface area contributed by atoms with Crippen LogP contribution in [0.1, 0.15) is 5.48 Å². The molecule has 234 valence electrons. The molecule has 3 heterocycles. The number of aromatic nitrogens is 3. The predicted octanol–water partition coefficient (Wildman–Crippen LogP) is 12.5. The van der Waals surface area contributed by atoms with Crippen LogP contribution >= 0.6 is 11.3 Å². The number of fused-ring (bicyclic) bond motifs is 6. The third-order valence-corrected chi connectivity index (χ3v) is 10.2. The monoisotopic (exact) mass is 661 g/mol. The van der Waals surface area contributed by atoms with E-state index in [1.807, 2.05) is 103 Å². The van der Waals surface area contributed by atoms with Gasteiger partial charge in [-0.05, 0) is 53.1 Å². The minimum absolute atomic E-state index is 0.0881. The van der Waals surface area contributed by atoms with Gasteiger partial charge in [0.05, 0.1) is 5.48 Å². The van der Waals surface area contributed by atoms with E-state index in [4.69, 9.17) is 23.5 Å². The highest BCUT2D eigenvalue weighted by molar-refractivity contribution is 7.26. The molecule has 0 N–H and O–H groups in total. The Labute approximate surface area is 297 Å². The van der Waals surface area contributed by atoms with E-state index in [0.29, 0.717) is 45.0 Å². The topological polar surface area (TPSA) is 51.8 Å². The summed E-state index contributed by atoms with van der Waals surface area (Å²) in [4.78, 5) is 14.9. The molecule has 10 aromatic rings. The van der Waals surface area contributed by atoms with Crippen molar-refractivity contribution in [2.45, 2.75) is 0 Å². The minimum Gasteiger partial charge on any atom is -0.455 e. The molecule has 0 spiro atoms.